The number of hydrogen-bond donors (Lipinski definition) is 2. The fraction of sp³-hybridized carbons (Fsp3) is 0.562. The Morgan fingerprint density at radius 1 is 1.33 bits per heavy atom. The van der Waals surface area contributed by atoms with E-state index >= 15 is 0 Å². The molecule has 0 bridgehead atoms. The molecule has 0 aliphatic rings. The van der Waals surface area contributed by atoms with E-state index in [4.69, 9.17) is 15.2 Å². The Morgan fingerprint density at radius 3 is 2.62 bits per heavy atom. The van der Waals surface area contributed by atoms with Crippen molar-refractivity contribution in [3.8, 4) is 0 Å². The van der Waals surface area contributed by atoms with Crippen LogP contribution in [-0.4, -0.2) is 30.8 Å². The number of nitrogens with two attached hydrogens (primary N) is 1. The van der Waals surface area contributed by atoms with Gasteiger partial charge in [0.1, 0.15) is 6.10 Å². The fourth-order valence-electron chi connectivity index (χ4n) is 1.66. The number of nitrogen functional groups attached to an aromatic ring is 1. The third-order valence-corrected chi connectivity index (χ3v) is 2.87. The van der Waals surface area contributed by atoms with E-state index in [9.17, 15) is 4.79 Å². The van der Waals surface area contributed by atoms with E-state index in [2.05, 4.69) is 5.32 Å². The highest BCUT2D eigenvalue weighted by atomic mass is 16.5. The first-order chi connectivity index (χ1) is 9.69. The Bertz CT molecular complexity index is 481. The summed E-state index contributed by atoms with van der Waals surface area (Å²) in [5.41, 5.74) is 7.80. The minimum Gasteiger partial charge on any atom is -0.399 e. The van der Waals surface area contributed by atoms with E-state index in [0.717, 1.165) is 5.56 Å². The van der Waals surface area contributed by atoms with E-state index < -0.39 is 6.10 Å². The van der Waals surface area contributed by atoms with Gasteiger partial charge < -0.3 is 20.5 Å². The lowest BCUT2D eigenvalue weighted by Crippen LogP contribution is -2.30. The number of amides is 1. The van der Waals surface area contributed by atoms with Gasteiger partial charge in [0.25, 0.3) is 5.91 Å². The molecule has 0 aliphatic heterocycles. The molecule has 21 heavy (non-hydrogen) atoms. The molecule has 1 unspecified atom stereocenters. The zero-order valence-electron chi connectivity index (χ0n) is 13.5. The summed E-state index contributed by atoms with van der Waals surface area (Å²) >= 11 is 0. The lowest BCUT2D eigenvalue weighted by molar-refractivity contribution is -0.128. The topological polar surface area (TPSA) is 73.6 Å². The van der Waals surface area contributed by atoms with E-state index in [1.807, 2.05) is 33.8 Å². The van der Waals surface area contributed by atoms with Crippen molar-refractivity contribution in [2.24, 2.45) is 0 Å². The summed E-state index contributed by atoms with van der Waals surface area (Å²) in [6.45, 7) is 10.4. The number of aryl methyl sites for hydroxylation is 1. The molecule has 0 fully saturated rings. The van der Waals surface area contributed by atoms with Crippen molar-refractivity contribution in [3.05, 3.63) is 23.8 Å². The third kappa shape index (κ3) is 6.60. The molecule has 1 atom stereocenters. The number of benzene rings is 1. The largest absolute Gasteiger partial charge is 0.399 e. The molecule has 5 nitrogen and oxygen atoms in total. The summed E-state index contributed by atoms with van der Waals surface area (Å²) in [5, 5.41) is 2.82. The summed E-state index contributed by atoms with van der Waals surface area (Å²) in [5.74, 6) is -0.195. The Labute approximate surface area is 126 Å². The minimum atomic E-state index is -0.547. The van der Waals surface area contributed by atoms with E-state index in [1.165, 1.54) is 0 Å². The Kier molecular flexibility index (Phi) is 6.18. The van der Waals surface area contributed by atoms with Gasteiger partial charge in [0, 0.05) is 11.4 Å². The van der Waals surface area contributed by atoms with Crippen molar-refractivity contribution in [2.45, 2.75) is 46.3 Å². The lowest BCUT2D eigenvalue weighted by Gasteiger charge is -2.20. The molecular weight excluding hydrogens is 268 g/mol. The summed E-state index contributed by atoms with van der Waals surface area (Å²) in [4.78, 5) is 12.0. The lowest BCUT2D eigenvalue weighted by atomic mass is 10.2. The Morgan fingerprint density at radius 2 is 2.00 bits per heavy atom. The van der Waals surface area contributed by atoms with Crippen LogP contribution in [0.15, 0.2) is 18.2 Å². The highest BCUT2D eigenvalue weighted by Gasteiger charge is 2.15. The van der Waals surface area contributed by atoms with Crippen LogP contribution in [0, 0.1) is 6.92 Å². The molecule has 0 saturated carbocycles. The maximum absolute atomic E-state index is 12.0. The molecule has 0 heterocycles. The molecule has 1 rings (SSSR count). The van der Waals surface area contributed by atoms with Crippen molar-refractivity contribution in [3.63, 3.8) is 0 Å². The molecule has 0 radical (unpaired) electrons. The second kappa shape index (κ2) is 7.43. The Balaban J connectivity index is 2.42. The van der Waals surface area contributed by atoms with Crippen LogP contribution in [0.4, 0.5) is 11.4 Å². The highest BCUT2D eigenvalue weighted by molar-refractivity contribution is 5.95. The number of nitrogens with one attached hydrogen (secondary N) is 1. The number of rotatable bonds is 6. The Hall–Kier alpha value is -1.59. The number of ether oxygens (including phenoxy) is 2. The summed E-state index contributed by atoms with van der Waals surface area (Å²) in [6, 6.07) is 5.41. The van der Waals surface area contributed by atoms with Gasteiger partial charge in [0.05, 0.1) is 18.8 Å². The summed E-state index contributed by atoms with van der Waals surface area (Å²) in [6.07, 6.45) is -0.547. The van der Waals surface area contributed by atoms with Gasteiger partial charge in [-0.25, -0.2) is 0 Å². The highest BCUT2D eigenvalue weighted by Crippen LogP contribution is 2.18. The first-order valence-corrected chi connectivity index (χ1v) is 7.11. The molecule has 1 aromatic carbocycles. The van der Waals surface area contributed by atoms with Gasteiger partial charge in [0.15, 0.2) is 0 Å². The SMILES string of the molecule is Cc1ccc(N)cc1NC(=O)C(C)OCCOC(C)(C)C. The second-order valence-electron chi connectivity index (χ2n) is 6.04. The normalized spacial score (nSPS) is 13.0. The molecule has 3 N–H and O–H groups in total. The van der Waals surface area contributed by atoms with Gasteiger partial charge in [-0.2, -0.15) is 0 Å². The van der Waals surface area contributed by atoms with Crippen molar-refractivity contribution in [1.82, 2.24) is 0 Å². The average molecular weight is 294 g/mol. The zero-order valence-corrected chi connectivity index (χ0v) is 13.5. The van der Waals surface area contributed by atoms with Crippen LogP contribution >= 0.6 is 0 Å². The molecular formula is C16H26N2O3. The monoisotopic (exact) mass is 294 g/mol. The van der Waals surface area contributed by atoms with Crippen molar-refractivity contribution < 1.29 is 14.3 Å². The van der Waals surface area contributed by atoms with E-state index in [0.29, 0.717) is 24.6 Å². The van der Waals surface area contributed by atoms with Crippen LogP contribution in [0.25, 0.3) is 0 Å². The van der Waals surface area contributed by atoms with E-state index in [1.54, 1.807) is 19.1 Å². The average Bonchev–Trinajstić information content (AvgIpc) is 2.37. The molecule has 0 saturated heterocycles. The van der Waals surface area contributed by atoms with Crippen molar-refractivity contribution in [2.75, 3.05) is 24.3 Å². The van der Waals surface area contributed by atoms with Gasteiger partial charge in [-0.3, -0.25) is 4.79 Å². The van der Waals surface area contributed by atoms with Crippen LogP contribution in [0.2, 0.25) is 0 Å². The zero-order chi connectivity index (χ0) is 16.0. The molecule has 0 spiro atoms. The maximum Gasteiger partial charge on any atom is 0.253 e. The predicted octanol–water partition coefficient (Wildman–Crippen LogP) is 2.74. The first kappa shape index (κ1) is 17.5. The van der Waals surface area contributed by atoms with Gasteiger partial charge in [-0.05, 0) is 52.3 Å². The quantitative estimate of drug-likeness (QED) is 0.625. The van der Waals surface area contributed by atoms with Gasteiger partial charge in [0.2, 0.25) is 0 Å². The number of hydrogen-bond acceptors (Lipinski definition) is 4. The second-order valence-corrected chi connectivity index (χ2v) is 6.04. The number of carbonyl (C=O) groups excluding carboxylic acids is 1. The van der Waals surface area contributed by atoms with Crippen LogP contribution in [0.5, 0.6) is 0 Å². The summed E-state index contributed by atoms with van der Waals surface area (Å²) < 4.78 is 11.0. The maximum atomic E-state index is 12.0. The molecule has 1 amide bonds. The van der Waals surface area contributed by atoms with Gasteiger partial charge in [-0.1, -0.05) is 6.07 Å². The molecule has 5 heteroatoms. The van der Waals surface area contributed by atoms with Gasteiger partial charge in [-0.15, -0.1) is 0 Å². The first-order valence-electron chi connectivity index (χ1n) is 7.11. The van der Waals surface area contributed by atoms with E-state index in [-0.39, 0.29) is 11.5 Å². The molecule has 1 aromatic rings. The van der Waals surface area contributed by atoms with Crippen LogP contribution in [-0.2, 0) is 14.3 Å². The summed E-state index contributed by atoms with van der Waals surface area (Å²) in [7, 11) is 0. The third-order valence-electron chi connectivity index (χ3n) is 2.87. The predicted molar refractivity (Wildman–Crippen MR) is 85.3 cm³/mol. The number of anilines is 2. The van der Waals surface area contributed by atoms with Crippen molar-refractivity contribution >= 4 is 17.3 Å². The standard InChI is InChI=1S/C16H26N2O3/c1-11-6-7-13(17)10-14(11)18-15(19)12(2)20-8-9-21-16(3,4)5/h6-7,10,12H,8-9,17H2,1-5H3,(H,18,19). The smallest absolute Gasteiger partial charge is 0.253 e. The van der Waals surface area contributed by atoms with Crippen LogP contribution in [0.1, 0.15) is 33.3 Å². The van der Waals surface area contributed by atoms with Gasteiger partial charge >= 0.3 is 0 Å². The molecule has 0 aromatic heterocycles. The van der Waals surface area contributed by atoms with Crippen molar-refractivity contribution in [1.29, 1.82) is 0 Å². The fourth-order valence-corrected chi connectivity index (χ4v) is 1.66. The molecule has 0 aliphatic carbocycles. The molecule has 118 valence electrons. The van der Waals surface area contributed by atoms with Crippen LogP contribution in [0.3, 0.4) is 0 Å². The minimum absolute atomic E-state index is 0.195. The van der Waals surface area contributed by atoms with Crippen LogP contribution < -0.4 is 11.1 Å². The number of carbonyl (C=O) groups is 1.